The van der Waals surface area contributed by atoms with Crippen molar-refractivity contribution in [2.24, 2.45) is 0 Å². The Hall–Kier alpha value is -2.47. The summed E-state index contributed by atoms with van der Waals surface area (Å²) in [6, 6.07) is 7.84. The summed E-state index contributed by atoms with van der Waals surface area (Å²) in [5.41, 5.74) is 4.32. The van der Waals surface area contributed by atoms with Gasteiger partial charge in [-0.2, -0.15) is 0 Å². The molecule has 0 radical (unpaired) electrons. The lowest BCUT2D eigenvalue weighted by Crippen LogP contribution is -2.32. The molecule has 6 nitrogen and oxygen atoms in total. The Labute approximate surface area is 148 Å². The van der Waals surface area contributed by atoms with E-state index in [-0.39, 0.29) is 12.0 Å². The number of nitrogens with zero attached hydrogens (tertiary/aromatic N) is 2. The fourth-order valence-corrected chi connectivity index (χ4v) is 3.02. The fraction of sp³-hybridized carbons (Fsp3) is 0.421. The Morgan fingerprint density at radius 3 is 2.60 bits per heavy atom. The quantitative estimate of drug-likeness (QED) is 0.875. The second-order valence-electron chi connectivity index (χ2n) is 6.56. The molecule has 25 heavy (non-hydrogen) atoms. The minimum atomic E-state index is -0.204. The summed E-state index contributed by atoms with van der Waals surface area (Å²) in [6.45, 7) is 7.22. The lowest BCUT2D eigenvalue weighted by atomic mass is 10.1. The Morgan fingerprint density at radius 1 is 1.16 bits per heavy atom. The summed E-state index contributed by atoms with van der Waals surface area (Å²) in [7, 11) is 0. The number of aromatic nitrogens is 2. The number of amides is 1. The standard InChI is InChI=1S/C19H24N4O2/c1-12-7-13(2)9-15(8-12)22-19-21-14(3)10-17(23-19)18(24)20-11-16-5-4-6-25-16/h7-10,16H,4-6,11H2,1-3H3,(H,20,24)(H,21,22,23). The molecule has 0 saturated carbocycles. The van der Waals surface area contributed by atoms with Gasteiger partial charge in [-0.15, -0.1) is 0 Å². The Bertz CT molecular complexity index is 750. The number of hydrogen-bond donors (Lipinski definition) is 2. The molecule has 0 bridgehead atoms. The molecule has 2 aromatic rings. The van der Waals surface area contributed by atoms with Gasteiger partial charge in [0.05, 0.1) is 6.10 Å². The van der Waals surface area contributed by atoms with E-state index in [4.69, 9.17) is 4.74 Å². The largest absolute Gasteiger partial charge is 0.376 e. The van der Waals surface area contributed by atoms with Gasteiger partial charge in [-0.3, -0.25) is 4.79 Å². The van der Waals surface area contributed by atoms with Gasteiger partial charge < -0.3 is 15.4 Å². The van der Waals surface area contributed by atoms with Crippen LogP contribution in [-0.4, -0.2) is 35.1 Å². The average molecular weight is 340 g/mol. The molecule has 1 fully saturated rings. The second-order valence-corrected chi connectivity index (χ2v) is 6.56. The van der Waals surface area contributed by atoms with Crippen molar-refractivity contribution in [2.45, 2.75) is 39.7 Å². The highest BCUT2D eigenvalue weighted by Gasteiger charge is 2.17. The van der Waals surface area contributed by atoms with Gasteiger partial charge in [0, 0.05) is 24.5 Å². The molecule has 1 amide bonds. The molecule has 1 aliphatic heterocycles. The first-order chi connectivity index (χ1) is 12.0. The summed E-state index contributed by atoms with van der Waals surface area (Å²) in [5.74, 6) is 0.219. The first-order valence-corrected chi connectivity index (χ1v) is 8.60. The molecule has 6 heteroatoms. The topological polar surface area (TPSA) is 76.1 Å². The van der Waals surface area contributed by atoms with Crippen molar-refractivity contribution >= 4 is 17.5 Å². The fourth-order valence-electron chi connectivity index (χ4n) is 3.02. The summed E-state index contributed by atoms with van der Waals surface area (Å²) in [6.07, 6.45) is 2.15. The van der Waals surface area contributed by atoms with Gasteiger partial charge in [0.1, 0.15) is 5.69 Å². The van der Waals surface area contributed by atoms with Crippen molar-refractivity contribution in [1.29, 1.82) is 0 Å². The highest BCUT2D eigenvalue weighted by atomic mass is 16.5. The van der Waals surface area contributed by atoms with E-state index >= 15 is 0 Å². The van der Waals surface area contributed by atoms with Crippen LogP contribution in [0.4, 0.5) is 11.6 Å². The van der Waals surface area contributed by atoms with Gasteiger partial charge in [-0.25, -0.2) is 9.97 Å². The van der Waals surface area contributed by atoms with Gasteiger partial charge in [-0.05, 0) is 62.9 Å². The predicted molar refractivity (Wildman–Crippen MR) is 97.3 cm³/mol. The molecular formula is C19H24N4O2. The third kappa shape index (κ3) is 4.76. The van der Waals surface area contributed by atoms with Gasteiger partial charge in [0.15, 0.2) is 0 Å². The van der Waals surface area contributed by atoms with E-state index in [0.717, 1.165) is 42.0 Å². The van der Waals surface area contributed by atoms with Crippen LogP contribution in [0.1, 0.15) is 40.2 Å². The number of ether oxygens (including phenoxy) is 1. The van der Waals surface area contributed by atoms with Crippen LogP contribution < -0.4 is 10.6 Å². The molecule has 2 heterocycles. The third-order valence-electron chi connectivity index (χ3n) is 4.08. The van der Waals surface area contributed by atoms with Crippen LogP contribution in [0.25, 0.3) is 0 Å². The van der Waals surface area contributed by atoms with E-state index in [2.05, 4.69) is 26.7 Å². The molecule has 1 aliphatic rings. The van der Waals surface area contributed by atoms with Crippen LogP contribution >= 0.6 is 0 Å². The second kappa shape index (κ2) is 7.61. The lowest BCUT2D eigenvalue weighted by molar-refractivity contribution is 0.0853. The molecule has 1 aromatic heterocycles. The zero-order chi connectivity index (χ0) is 17.8. The van der Waals surface area contributed by atoms with Crippen molar-refractivity contribution in [2.75, 3.05) is 18.5 Å². The van der Waals surface area contributed by atoms with Gasteiger partial charge in [-0.1, -0.05) is 6.07 Å². The summed E-state index contributed by atoms with van der Waals surface area (Å²) < 4.78 is 5.53. The van der Waals surface area contributed by atoms with E-state index in [0.29, 0.717) is 18.2 Å². The van der Waals surface area contributed by atoms with E-state index in [1.807, 2.05) is 32.9 Å². The third-order valence-corrected chi connectivity index (χ3v) is 4.08. The molecule has 1 aromatic carbocycles. The number of carbonyl (C=O) groups excluding carboxylic acids is 1. The Morgan fingerprint density at radius 2 is 1.92 bits per heavy atom. The number of rotatable bonds is 5. The van der Waals surface area contributed by atoms with Crippen LogP contribution in [0.3, 0.4) is 0 Å². The summed E-state index contributed by atoms with van der Waals surface area (Å²) in [4.78, 5) is 21.1. The molecule has 132 valence electrons. The Balaban J connectivity index is 1.71. The minimum Gasteiger partial charge on any atom is -0.376 e. The number of nitrogens with one attached hydrogen (secondary N) is 2. The smallest absolute Gasteiger partial charge is 0.270 e. The van der Waals surface area contributed by atoms with Gasteiger partial charge in [0.25, 0.3) is 5.91 Å². The summed E-state index contributed by atoms with van der Waals surface area (Å²) >= 11 is 0. The van der Waals surface area contributed by atoms with Crippen LogP contribution in [0.2, 0.25) is 0 Å². The monoisotopic (exact) mass is 340 g/mol. The van der Waals surface area contributed by atoms with Crippen LogP contribution in [0.15, 0.2) is 24.3 Å². The molecule has 2 N–H and O–H groups in total. The number of aryl methyl sites for hydroxylation is 3. The maximum Gasteiger partial charge on any atom is 0.270 e. The average Bonchev–Trinajstić information content (AvgIpc) is 3.04. The molecular weight excluding hydrogens is 316 g/mol. The van der Waals surface area contributed by atoms with E-state index in [1.165, 1.54) is 0 Å². The zero-order valence-corrected chi connectivity index (χ0v) is 14.9. The van der Waals surface area contributed by atoms with Crippen molar-refractivity contribution in [1.82, 2.24) is 15.3 Å². The normalized spacial score (nSPS) is 16.7. The maximum atomic E-state index is 12.4. The first-order valence-electron chi connectivity index (χ1n) is 8.60. The SMILES string of the molecule is Cc1cc(C)cc(Nc2nc(C)cc(C(=O)NCC3CCCO3)n2)c1. The van der Waals surface area contributed by atoms with E-state index in [1.54, 1.807) is 6.07 Å². The minimum absolute atomic E-state index is 0.111. The molecule has 1 atom stereocenters. The Kier molecular flexibility index (Phi) is 5.28. The molecule has 0 spiro atoms. The number of benzene rings is 1. The van der Waals surface area contributed by atoms with Gasteiger partial charge >= 0.3 is 0 Å². The van der Waals surface area contributed by atoms with Crippen molar-refractivity contribution in [3.05, 3.63) is 46.8 Å². The lowest BCUT2D eigenvalue weighted by Gasteiger charge is -2.12. The molecule has 1 unspecified atom stereocenters. The molecule has 0 aliphatic carbocycles. The number of hydrogen-bond acceptors (Lipinski definition) is 5. The van der Waals surface area contributed by atoms with Crippen LogP contribution in [0.5, 0.6) is 0 Å². The zero-order valence-electron chi connectivity index (χ0n) is 14.9. The van der Waals surface area contributed by atoms with Crippen LogP contribution in [-0.2, 0) is 4.74 Å². The van der Waals surface area contributed by atoms with Crippen molar-refractivity contribution in [3.8, 4) is 0 Å². The van der Waals surface area contributed by atoms with E-state index < -0.39 is 0 Å². The predicted octanol–water partition coefficient (Wildman–Crippen LogP) is 3.05. The first kappa shape index (κ1) is 17.4. The molecule has 3 rings (SSSR count). The maximum absolute atomic E-state index is 12.4. The molecule has 1 saturated heterocycles. The van der Waals surface area contributed by atoms with Gasteiger partial charge in [0.2, 0.25) is 5.95 Å². The number of anilines is 2. The highest BCUT2D eigenvalue weighted by Crippen LogP contribution is 2.18. The number of carbonyl (C=O) groups is 1. The van der Waals surface area contributed by atoms with Crippen molar-refractivity contribution in [3.63, 3.8) is 0 Å². The summed E-state index contributed by atoms with van der Waals surface area (Å²) in [5, 5.41) is 6.09. The van der Waals surface area contributed by atoms with Crippen molar-refractivity contribution < 1.29 is 9.53 Å². The highest BCUT2D eigenvalue weighted by molar-refractivity contribution is 5.92. The van der Waals surface area contributed by atoms with Crippen LogP contribution in [0, 0.1) is 20.8 Å². The van der Waals surface area contributed by atoms with E-state index in [9.17, 15) is 4.79 Å².